The Balaban J connectivity index is 2.33. The number of hydrogen-bond donors (Lipinski definition) is 1. The molecule has 7 heteroatoms. The van der Waals surface area contributed by atoms with Crippen LogP contribution in [0.4, 0.5) is 5.88 Å². The lowest BCUT2D eigenvalue weighted by atomic mass is 10.1. The second-order valence-corrected chi connectivity index (χ2v) is 8.36. The summed E-state index contributed by atoms with van der Waals surface area (Å²) >= 11 is 5.51. The lowest BCUT2D eigenvalue weighted by molar-refractivity contribution is 0.347. The standard InChI is InChI=1S/C20H17N2O3PS/c1-2-24-26(23,15-11-7-4-8-12-15)18-19(27)16(13-21)17(25-20(18)22)14-9-5-3-6-10-14/h3-12H,2,22H2,1H3. The number of nitrogens with zero attached hydrogens (tertiary/aromatic N) is 1. The summed E-state index contributed by atoms with van der Waals surface area (Å²) in [7, 11) is -3.62. The average Bonchev–Trinajstić information content (AvgIpc) is 2.69. The zero-order valence-corrected chi connectivity index (χ0v) is 16.3. The minimum atomic E-state index is -3.62. The van der Waals surface area contributed by atoms with Gasteiger partial charge in [-0.3, -0.25) is 4.57 Å². The lowest BCUT2D eigenvalue weighted by Crippen LogP contribution is -2.23. The zero-order valence-electron chi connectivity index (χ0n) is 14.6. The molecule has 1 unspecified atom stereocenters. The van der Waals surface area contributed by atoms with E-state index < -0.39 is 7.37 Å². The Kier molecular flexibility index (Phi) is 5.57. The lowest BCUT2D eigenvalue weighted by Gasteiger charge is -2.20. The molecular formula is C20H17N2O3PS. The fourth-order valence-electron chi connectivity index (χ4n) is 2.79. The maximum atomic E-state index is 13.8. The van der Waals surface area contributed by atoms with Crippen molar-refractivity contribution in [3.63, 3.8) is 0 Å². The molecule has 5 nitrogen and oxygen atoms in total. The first-order chi connectivity index (χ1) is 13.0. The number of nitriles is 1. The van der Waals surface area contributed by atoms with Crippen LogP contribution in [0.15, 0.2) is 65.1 Å². The molecule has 0 fully saturated rings. The number of anilines is 1. The second-order valence-electron chi connectivity index (χ2n) is 5.63. The van der Waals surface area contributed by atoms with Crippen LogP contribution < -0.4 is 16.3 Å². The molecule has 27 heavy (non-hydrogen) atoms. The van der Waals surface area contributed by atoms with Crippen LogP contribution in [0, 0.1) is 15.8 Å². The van der Waals surface area contributed by atoms with E-state index in [2.05, 4.69) is 6.07 Å². The van der Waals surface area contributed by atoms with Crippen molar-refractivity contribution in [2.75, 3.05) is 12.3 Å². The smallest absolute Gasteiger partial charge is 0.268 e. The maximum Gasteiger partial charge on any atom is 0.268 e. The first kappa shape index (κ1) is 19.1. The van der Waals surface area contributed by atoms with Gasteiger partial charge < -0.3 is 14.7 Å². The molecule has 0 aliphatic heterocycles. The van der Waals surface area contributed by atoms with Crippen LogP contribution in [0.3, 0.4) is 0 Å². The predicted molar refractivity (Wildman–Crippen MR) is 109 cm³/mol. The topological polar surface area (TPSA) is 89.2 Å². The SMILES string of the molecule is CCOP(=O)(c1ccccc1)c1c(N)oc(-c2ccccc2)c(C#N)c1=S. The fraction of sp³-hybridized carbons (Fsp3) is 0.100. The summed E-state index contributed by atoms with van der Waals surface area (Å²) in [5.41, 5.74) is 6.91. The first-order valence-electron chi connectivity index (χ1n) is 8.25. The Labute approximate surface area is 162 Å². The van der Waals surface area contributed by atoms with Gasteiger partial charge in [0.1, 0.15) is 16.9 Å². The normalized spacial score (nSPS) is 12.9. The maximum absolute atomic E-state index is 13.8. The molecule has 0 amide bonds. The van der Waals surface area contributed by atoms with E-state index in [4.69, 9.17) is 26.9 Å². The molecular weight excluding hydrogens is 379 g/mol. The van der Waals surface area contributed by atoms with Gasteiger partial charge in [0, 0.05) is 10.9 Å². The van der Waals surface area contributed by atoms with Gasteiger partial charge >= 0.3 is 0 Å². The summed E-state index contributed by atoms with van der Waals surface area (Å²) in [4.78, 5) is 0. The van der Waals surface area contributed by atoms with Crippen LogP contribution in [-0.2, 0) is 9.09 Å². The molecule has 2 N–H and O–H groups in total. The Bertz CT molecular complexity index is 1110. The van der Waals surface area contributed by atoms with Gasteiger partial charge in [-0.05, 0) is 19.1 Å². The molecule has 0 radical (unpaired) electrons. The van der Waals surface area contributed by atoms with E-state index in [9.17, 15) is 9.83 Å². The highest BCUT2D eigenvalue weighted by molar-refractivity contribution is 7.77. The number of benzene rings is 2. The molecule has 0 aliphatic rings. The number of hydrogen-bond acceptors (Lipinski definition) is 6. The molecule has 1 aromatic heterocycles. The van der Waals surface area contributed by atoms with Gasteiger partial charge in [-0.1, -0.05) is 60.7 Å². The van der Waals surface area contributed by atoms with Gasteiger partial charge in [0.25, 0.3) is 7.37 Å². The Morgan fingerprint density at radius 1 is 1.15 bits per heavy atom. The van der Waals surface area contributed by atoms with Gasteiger partial charge in [-0.15, -0.1) is 0 Å². The van der Waals surface area contributed by atoms with E-state index in [0.717, 1.165) is 0 Å². The van der Waals surface area contributed by atoms with Crippen LogP contribution in [0.25, 0.3) is 11.3 Å². The van der Waals surface area contributed by atoms with Gasteiger partial charge in [0.05, 0.1) is 11.1 Å². The highest BCUT2D eigenvalue weighted by atomic mass is 32.1. The molecule has 1 atom stereocenters. The van der Waals surface area contributed by atoms with Crippen molar-refractivity contribution < 1.29 is 13.5 Å². The van der Waals surface area contributed by atoms with Crippen LogP contribution in [0.2, 0.25) is 0 Å². The van der Waals surface area contributed by atoms with Crippen molar-refractivity contribution >= 4 is 36.1 Å². The molecule has 0 spiro atoms. The van der Waals surface area contributed by atoms with E-state index >= 15 is 0 Å². The largest absolute Gasteiger partial charge is 0.439 e. The molecule has 3 rings (SSSR count). The quantitative estimate of drug-likeness (QED) is 0.508. The van der Waals surface area contributed by atoms with Gasteiger partial charge in [-0.2, -0.15) is 5.26 Å². The molecule has 1 heterocycles. The average molecular weight is 396 g/mol. The van der Waals surface area contributed by atoms with Crippen molar-refractivity contribution in [2.24, 2.45) is 0 Å². The summed E-state index contributed by atoms with van der Waals surface area (Å²) < 4.78 is 25.3. The van der Waals surface area contributed by atoms with Crippen molar-refractivity contribution in [3.05, 3.63) is 70.7 Å². The summed E-state index contributed by atoms with van der Waals surface area (Å²) in [6.07, 6.45) is 0. The Morgan fingerprint density at radius 2 is 1.74 bits per heavy atom. The van der Waals surface area contributed by atoms with E-state index in [1.54, 1.807) is 49.4 Å². The van der Waals surface area contributed by atoms with Gasteiger partial charge in [-0.25, -0.2) is 0 Å². The van der Waals surface area contributed by atoms with Crippen LogP contribution >= 0.6 is 19.6 Å². The summed E-state index contributed by atoms with van der Waals surface area (Å²) in [5.74, 6) is 0.138. The molecule has 0 bridgehead atoms. The predicted octanol–water partition coefficient (Wildman–Crippen LogP) is 4.40. The first-order valence-corrected chi connectivity index (χ1v) is 10.3. The zero-order chi connectivity index (χ0) is 19.4. The van der Waals surface area contributed by atoms with Gasteiger partial charge in [0.15, 0.2) is 5.76 Å². The highest BCUT2D eigenvalue weighted by Gasteiger charge is 2.35. The number of rotatable bonds is 5. The third-order valence-electron chi connectivity index (χ3n) is 3.96. The number of nitrogens with two attached hydrogens (primary N) is 1. The van der Waals surface area contributed by atoms with Crippen LogP contribution in [0.5, 0.6) is 0 Å². The fourth-order valence-corrected chi connectivity index (χ4v) is 5.57. The molecule has 2 aromatic carbocycles. The summed E-state index contributed by atoms with van der Waals surface area (Å²) in [6, 6.07) is 19.8. The molecule has 0 saturated carbocycles. The summed E-state index contributed by atoms with van der Waals surface area (Å²) in [5, 5.41) is 10.2. The van der Waals surface area contributed by atoms with Gasteiger partial charge in [0.2, 0.25) is 5.88 Å². The third kappa shape index (κ3) is 3.45. The van der Waals surface area contributed by atoms with E-state index in [0.29, 0.717) is 10.9 Å². The third-order valence-corrected chi connectivity index (χ3v) is 7.16. The molecule has 136 valence electrons. The monoisotopic (exact) mass is 396 g/mol. The van der Waals surface area contributed by atoms with Crippen molar-refractivity contribution in [1.82, 2.24) is 0 Å². The van der Waals surface area contributed by atoms with Crippen molar-refractivity contribution in [2.45, 2.75) is 6.92 Å². The summed E-state index contributed by atoms with van der Waals surface area (Å²) in [6.45, 7) is 1.91. The van der Waals surface area contributed by atoms with Crippen LogP contribution in [-0.4, -0.2) is 6.61 Å². The number of nitrogen functional groups attached to an aromatic ring is 1. The van der Waals surface area contributed by atoms with E-state index in [-0.39, 0.29) is 33.6 Å². The Hall–Kier alpha value is -2.71. The highest BCUT2D eigenvalue weighted by Crippen LogP contribution is 2.47. The van der Waals surface area contributed by atoms with E-state index in [1.165, 1.54) is 0 Å². The van der Waals surface area contributed by atoms with Crippen molar-refractivity contribution in [3.8, 4) is 17.4 Å². The molecule has 3 aromatic rings. The molecule has 0 aliphatic carbocycles. The van der Waals surface area contributed by atoms with Crippen molar-refractivity contribution in [1.29, 1.82) is 5.26 Å². The van der Waals surface area contributed by atoms with Crippen LogP contribution in [0.1, 0.15) is 12.5 Å². The Morgan fingerprint density at radius 3 is 2.30 bits per heavy atom. The molecule has 0 saturated heterocycles. The minimum absolute atomic E-state index is 0.0572. The second kappa shape index (κ2) is 7.89. The van der Waals surface area contributed by atoms with E-state index in [1.807, 2.05) is 18.2 Å². The minimum Gasteiger partial charge on any atom is -0.439 e.